The summed E-state index contributed by atoms with van der Waals surface area (Å²) < 4.78 is 0. The van der Waals surface area contributed by atoms with Gasteiger partial charge in [-0.2, -0.15) is 0 Å². The number of rotatable bonds is 5. The second-order valence-electron chi connectivity index (χ2n) is 5.26. The molecule has 100 valence electrons. The molecule has 0 radical (unpaired) electrons. The Morgan fingerprint density at radius 1 is 1.56 bits per heavy atom. The molecule has 18 heavy (non-hydrogen) atoms. The molecule has 1 aromatic rings. The first kappa shape index (κ1) is 13.0. The summed E-state index contributed by atoms with van der Waals surface area (Å²) in [4.78, 5) is 18.2. The molecule has 1 aromatic heterocycles. The summed E-state index contributed by atoms with van der Waals surface area (Å²) in [5.41, 5.74) is 5.74. The van der Waals surface area contributed by atoms with Crippen molar-refractivity contribution in [2.45, 2.75) is 38.6 Å². The third-order valence-electron chi connectivity index (χ3n) is 3.47. The van der Waals surface area contributed by atoms with Crippen molar-refractivity contribution < 1.29 is 4.79 Å². The van der Waals surface area contributed by atoms with Gasteiger partial charge in [0.25, 0.3) is 5.91 Å². The van der Waals surface area contributed by atoms with E-state index in [1.54, 1.807) is 11.9 Å². The van der Waals surface area contributed by atoms with E-state index in [0.717, 1.165) is 18.7 Å². The number of nitrogens with one attached hydrogen (secondary N) is 1. The number of likely N-dealkylation sites (N-methyl/N-ethyl adjacent to an activating group) is 1. The first-order chi connectivity index (χ1) is 8.54. The monoisotopic (exact) mass is 251 g/mol. The molecule has 3 N–H and O–H groups in total. The molecule has 1 heterocycles. The molecule has 1 saturated carbocycles. The highest BCUT2D eigenvalue weighted by atomic mass is 16.2. The summed E-state index contributed by atoms with van der Waals surface area (Å²) in [6, 6.07) is 0.110. The molecule has 0 aliphatic heterocycles. The number of hydrogen-bond acceptors (Lipinski definition) is 4. The Morgan fingerprint density at radius 2 is 2.22 bits per heavy atom. The van der Waals surface area contributed by atoms with Gasteiger partial charge in [-0.15, -0.1) is 5.10 Å². The maximum Gasteiger partial charge on any atom is 0.293 e. The van der Waals surface area contributed by atoms with E-state index in [1.165, 1.54) is 0 Å². The van der Waals surface area contributed by atoms with E-state index in [4.69, 9.17) is 5.73 Å². The quantitative estimate of drug-likeness (QED) is 0.807. The molecular formula is C12H21N5O. The number of aromatic amines is 1. The fourth-order valence-corrected chi connectivity index (χ4v) is 2.08. The van der Waals surface area contributed by atoms with Gasteiger partial charge < -0.3 is 10.6 Å². The summed E-state index contributed by atoms with van der Waals surface area (Å²) in [6.45, 7) is 4.51. The van der Waals surface area contributed by atoms with E-state index >= 15 is 0 Å². The Hall–Kier alpha value is -1.43. The molecule has 6 nitrogen and oxygen atoms in total. The molecule has 0 bridgehead atoms. The SMILES string of the molecule is CC(C)c1nc(C(=O)N(C)C(CN)C2CC2)n[nH]1. The summed E-state index contributed by atoms with van der Waals surface area (Å²) in [5.74, 6) is 1.61. The number of H-pyrrole nitrogens is 1. The van der Waals surface area contributed by atoms with Gasteiger partial charge in [0.05, 0.1) is 0 Å². The summed E-state index contributed by atoms with van der Waals surface area (Å²) >= 11 is 0. The van der Waals surface area contributed by atoms with Crippen LogP contribution in [0.5, 0.6) is 0 Å². The fourth-order valence-electron chi connectivity index (χ4n) is 2.08. The number of amides is 1. The largest absolute Gasteiger partial charge is 0.334 e. The first-order valence-electron chi connectivity index (χ1n) is 6.44. The van der Waals surface area contributed by atoms with Crippen molar-refractivity contribution in [3.8, 4) is 0 Å². The van der Waals surface area contributed by atoms with Crippen LogP contribution in [-0.4, -0.2) is 45.6 Å². The van der Waals surface area contributed by atoms with Crippen LogP contribution in [0.15, 0.2) is 0 Å². The van der Waals surface area contributed by atoms with Crippen molar-refractivity contribution in [2.75, 3.05) is 13.6 Å². The highest BCUT2D eigenvalue weighted by Gasteiger charge is 2.35. The van der Waals surface area contributed by atoms with Crippen molar-refractivity contribution in [3.63, 3.8) is 0 Å². The van der Waals surface area contributed by atoms with Crippen molar-refractivity contribution >= 4 is 5.91 Å². The van der Waals surface area contributed by atoms with Crippen LogP contribution in [0.1, 0.15) is 49.1 Å². The molecule has 1 amide bonds. The van der Waals surface area contributed by atoms with Gasteiger partial charge in [0.15, 0.2) is 0 Å². The van der Waals surface area contributed by atoms with Crippen LogP contribution in [0.25, 0.3) is 0 Å². The Labute approximate surface area is 107 Å². The highest BCUT2D eigenvalue weighted by molar-refractivity contribution is 5.90. The lowest BCUT2D eigenvalue weighted by Gasteiger charge is -2.25. The maximum atomic E-state index is 12.2. The summed E-state index contributed by atoms with van der Waals surface area (Å²) in [6.07, 6.45) is 2.31. The Morgan fingerprint density at radius 3 is 2.67 bits per heavy atom. The van der Waals surface area contributed by atoms with Gasteiger partial charge in [-0.05, 0) is 18.8 Å². The maximum absolute atomic E-state index is 12.2. The molecule has 1 aliphatic carbocycles. The minimum absolute atomic E-state index is 0.110. The minimum atomic E-state index is -0.152. The van der Waals surface area contributed by atoms with Gasteiger partial charge in [-0.3, -0.25) is 9.89 Å². The standard InChI is InChI=1S/C12H21N5O/c1-7(2)10-14-11(16-15-10)12(18)17(3)9(6-13)8-4-5-8/h7-9H,4-6,13H2,1-3H3,(H,14,15,16). The van der Waals surface area contributed by atoms with E-state index in [1.807, 2.05) is 13.8 Å². The van der Waals surface area contributed by atoms with Gasteiger partial charge >= 0.3 is 0 Å². The zero-order chi connectivity index (χ0) is 13.3. The Bertz CT molecular complexity index is 424. The zero-order valence-electron chi connectivity index (χ0n) is 11.2. The van der Waals surface area contributed by atoms with E-state index in [9.17, 15) is 4.79 Å². The average molecular weight is 251 g/mol. The molecule has 0 saturated heterocycles. The number of aromatic nitrogens is 3. The molecular weight excluding hydrogens is 230 g/mol. The lowest BCUT2D eigenvalue weighted by Crippen LogP contribution is -2.43. The van der Waals surface area contributed by atoms with E-state index in [2.05, 4.69) is 15.2 Å². The number of carbonyl (C=O) groups is 1. The van der Waals surface area contributed by atoms with Gasteiger partial charge in [-0.25, -0.2) is 4.98 Å². The Balaban J connectivity index is 2.09. The van der Waals surface area contributed by atoms with E-state index in [0.29, 0.717) is 12.5 Å². The molecule has 1 fully saturated rings. The smallest absolute Gasteiger partial charge is 0.293 e. The summed E-state index contributed by atoms with van der Waals surface area (Å²) in [7, 11) is 1.78. The van der Waals surface area contributed by atoms with Crippen LogP contribution in [-0.2, 0) is 0 Å². The molecule has 1 atom stereocenters. The van der Waals surface area contributed by atoms with Crippen LogP contribution in [0.3, 0.4) is 0 Å². The van der Waals surface area contributed by atoms with Crippen LogP contribution in [0.2, 0.25) is 0 Å². The Kier molecular flexibility index (Phi) is 3.65. The molecule has 6 heteroatoms. The van der Waals surface area contributed by atoms with Crippen molar-refractivity contribution in [2.24, 2.45) is 11.7 Å². The highest BCUT2D eigenvalue weighted by Crippen LogP contribution is 2.34. The molecule has 2 rings (SSSR count). The fraction of sp³-hybridized carbons (Fsp3) is 0.750. The van der Waals surface area contributed by atoms with Crippen molar-refractivity contribution in [3.05, 3.63) is 11.6 Å². The predicted molar refractivity (Wildman–Crippen MR) is 68.1 cm³/mol. The number of hydrogen-bond donors (Lipinski definition) is 2. The molecule has 1 unspecified atom stereocenters. The third kappa shape index (κ3) is 2.53. The third-order valence-corrected chi connectivity index (χ3v) is 3.47. The molecule has 1 aliphatic rings. The first-order valence-corrected chi connectivity index (χ1v) is 6.44. The number of nitrogens with zero attached hydrogens (tertiary/aromatic N) is 3. The average Bonchev–Trinajstić information content (AvgIpc) is 3.04. The number of carbonyl (C=O) groups excluding carboxylic acids is 1. The topological polar surface area (TPSA) is 87.9 Å². The second-order valence-corrected chi connectivity index (χ2v) is 5.26. The van der Waals surface area contributed by atoms with Crippen LogP contribution in [0, 0.1) is 5.92 Å². The van der Waals surface area contributed by atoms with Crippen LogP contribution < -0.4 is 5.73 Å². The van der Waals surface area contributed by atoms with Crippen LogP contribution >= 0.6 is 0 Å². The van der Waals surface area contributed by atoms with Crippen molar-refractivity contribution in [1.82, 2.24) is 20.1 Å². The van der Waals surface area contributed by atoms with E-state index < -0.39 is 0 Å². The molecule has 0 aromatic carbocycles. The lowest BCUT2D eigenvalue weighted by atomic mass is 10.1. The minimum Gasteiger partial charge on any atom is -0.334 e. The van der Waals surface area contributed by atoms with Gasteiger partial charge in [0, 0.05) is 25.6 Å². The van der Waals surface area contributed by atoms with E-state index in [-0.39, 0.29) is 23.7 Å². The van der Waals surface area contributed by atoms with Gasteiger partial charge in [-0.1, -0.05) is 13.8 Å². The lowest BCUT2D eigenvalue weighted by molar-refractivity contribution is 0.0706. The molecule has 0 spiro atoms. The van der Waals surface area contributed by atoms with Crippen LogP contribution in [0.4, 0.5) is 0 Å². The predicted octanol–water partition coefficient (Wildman–Crippen LogP) is 0.737. The van der Waals surface area contributed by atoms with Crippen molar-refractivity contribution in [1.29, 1.82) is 0 Å². The second kappa shape index (κ2) is 5.06. The summed E-state index contributed by atoms with van der Waals surface area (Å²) in [5, 5.41) is 6.79. The van der Waals surface area contributed by atoms with Gasteiger partial charge in [0.2, 0.25) is 5.82 Å². The van der Waals surface area contributed by atoms with Gasteiger partial charge in [0.1, 0.15) is 5.82 Å². The normalized spacial score (nSPS) is 16.9. The zero-order valence-corrected chi connectivity index (χ0v) is 11.2. The number of nitrogens with two attached hydrogens (primary N) is 1.